The van der Waals surface area contributed by atoms with Crippen LogP contribution in [0.5, 0.6) is 5.75 Å². The number of ether oxygens (including phenoxy) is 1. The zero-order chi connectivity index (χ0) is 21.0. The van der Waals surface area contributed by atoms with E-state index in [9.17, 15) is 18.0 Å². The van der Waals surface area contributed by atoms with Gasteiger partial charge >= 0.3 is 12.4 Å². The zero-order valence-corrected chi connectivity index (χ0v) is 16.0. The molecule has 1 fully saturated rings. The van der Waals surface area contributed by atoms with Gasteiger partial charge in [-0.05, 0) is 37.5 Å². The summed E-state index contributed by atoms with van der Waals surface area (Å²) in [4.78, 5) is 12.9. The molecule has 1 atom stereocenters. The maximum absolute atomic E-state index is 12.6. The Morgan fingerprint density at radius 2 is 1.93 bits per heavy atom. The maximum atomic E-state index is 12.6. The van der Waals surface area contributed by atoms with Gasteiger partial charge in [-0.2, -0.15) is 10.2 Å². The number of nitrogens with two attached hydrogens (primary N) is 1. The van der Waals surface area contributed by atoms with Crippen LogP contribution in [0.3, 0.4) is 0 Å². The Balaban J connectivity index is 1.84. The van der Waals surface area contributed by atoms with Crippen molar-refractivity contribution in [3.05, 3.63) is 47.5 Å². The lowest BCUT2D eigenvalue weighted by molar-refractivity contribution is -0.274. The summed E-state index contributed by atoms with van der Waals surface area (Å²) < 4.78 is 42.0. The van der Waals surface area contributed by atoms with Crippen LogP contribution in [0.2, 0.25) is 5.02 Å². The van der Waals surface area contributed by atoms with Gasteiger partial charge in [0, 0.05) is 17.7 Å². The topological polar surface area (TPSA) is 80.3 Å². The van der Waals surface area contributed by atoms with E-state index in [0.29, 0.717) is 24.2 Å². The summed E-state index contributed by atoms with van der Waals surface area (Å²) in [6.07, 6.45) is -2.85. The van der Waals surface area contributed by atoms with Crippen LogP contribution in [0, 0.1) is 0 Å². The number of alkyl halides is 3. The number of para-hydroxylation sites is 1. The van der Waals surface area contributed by atoms with Gasteiger partial charge in [-0.15, -0.1) is 13.2 Å². The number of benzene rings is 2. The number of rotatable bonds is 4. The molecule has 6 nitrogen and oxygen atoms in total. The highest BCUT2D eigenvalue weighted by Gasteiger charge is 2.32. The predicted molar refractivity (Wildman–Crippen MR) is 102 cm³/mol. The van der Waals surface area contributed by atoms with Crippen LogP contribution in [0.1, 0.15) is 19.3 Å². The second-order valence-corrected chi connectivity index (χ2v) is 6.84. The van der Waals surface area contributed by atoms with Crippen LogP contribution >= 0.6 is 11.6 Å². The van der Waals surface area contributed by atoms with Gasteiger partial charge in [0.15, 0.2) is 0 Å². The van der Waals surface area contributed by atoms with E-state index in [1.807, 2.05) is 0 Å². The van der Waals surface area contributed by atoms with Crippen molar-refractivity contribution in [2.75, 3.05) is 6.54 Å². The molecule has 29 heavy (non-hydrogen) atoms. The Morgan fingerprint density at radius 3 is 2.62 bits per heavy atom. The molecule has 10 heteroatoms. The van der Waals surface area contributed by atoms with E-state index in [0.717, 1.165) is 12.8 Å². The van der Waals surface area contributed by atoms with Crippen molar-refractivity contribution >= 4 is 23.3 Å². The number of likely N-dealkylation sites (tertiary alicyclic amines) is 1. The minimum atomic E-state index is -4.82. The van der Waals surface area contributed by atoms with Crippen molar-refractivity contribution in [3.63, 3.8) is 0 Å². The number of carbonyl (C=O) groups is 1. The second kappa shape index (κ2) is 8.69. The first kappa shape index (κ1) is 20.9. The average molecular weight is 427 g/mol. The quantitative estimate of drug-likeness (QED) is 0.619. The smallest absolute Gasteiger partial charge is 0.405 e. The molecule has 154 valence electrons. The highest BCUT2D eigenvalue weighted by atomic mass is 35.5. The van der Waals surface area contributed by atoms with E-state index >= 15 is 0 Å². The minimum Gasteiger partial charge on any atom is -0.405 e. The first-order valence-electron chi connectivity index (χ1n) is 8.86. The number of hydrogen-bond acceptors (Lipinski definition) is 4. The molecule has 0 saturated carbocycles. The summed E-state index contributed by atoms with van der Waals surface area (Å²) in [7, 11) is 0. The zero-order valence-electron chi connectivity index (χ0n) is 15.2. The monoisotopic (exact) mass is 426 g/mol. The molecular weight excluding hydrogens is 409 g/mol. The van der Waals surface area contributed by atoms with Crippen LogP contribution in [-0.4, -0.2) is 30.0 Å². The van der Waals surface area contributed by atoms with Crippen molar-refractivity contribution in [1.82, 2.24) is 4.90 Å². The Kier molecular flexibility index (Phi) is 6.26. The van der Waals surface area contributed by atoms with Crippen LogP contribution in [0.15, 0.2) is 52.7 Å². The fourth-order valence-corrected chi connectivity index (χ4v) is 3.39. The Morgan fingerprint density at radius 1 is 1.17 bits per heavy atom. The number of halogens is 4. The first-order valence-corrected chi connectivity index (χ1v) is 9.24. The fraction of sp³-hybridized carbons (Fsp3) is 0.316. The number of hydrogen-bond donors (Lipinski definition) is 1. The van der Waals surface area contributed by atoms with E-state index in [1.54, 1.807) is 18.2 Å². The van der Waals surface area contributed by atoms with E-state index in [1.165, 1.54) is 29.2 Å². The van der Waals surface area contributed by atoms with Gasteiger partial charge in [0.05, 0.1) is 10.7 Å². The number of amides is 2. The van der Waals surface area contributed by atoms with E-state index in [2.05, 4.69) is 15.0 Å². The second-order valence-electron chi connectivity index (χ2n) is 6.43. The van der Waals surface area contributed by atoms with Crippen molar-refractivity contribution in [2.45, 2.75) is 31.8 Å². The molecule has 1 heterocycles. The van der Waals surface area contributed by atoms with E-state index in [4.69, 9.17) is 17.3 Å². The summed E-state index contributed by atoms with van der Waals surface area (Å²) in [6.45, 7) is 0.523. The highest BCUT2D eigenvalue weighted by molar-refractivity contribution is 6.33. The molecule has 1 aliphatic rings. The molecule has 0 bridgehead atoms. The Hall–Kier alpha value is -2.81. The van der Waals surface area contributed by atoms with Gasteiger partial charge in [-0.3, -0.25) is 0 Å². The number of carbonyl (C=O) groups excluding carboxylic acids is 1. The molecule has 0 radical (unpaired) electrons. The van der Waals surface area contributed by atoms with E-state index in [-0.39, 0.29) is 16.3 Å². The lowest BCUT2D eigenvalue weighted by atomic mass is 10.0. The fourth-order valence-electron chi connectivity index (χ4n) is 3.11. The molecule has 3 rings (SSSR count). The number of urea groups is 1. The standard InChI is InChI=1S/C19H18ClF3N4O2/c20-15-11-12(25-26-17-7-3-4-10-27(17)18(24)28)8-9-13(15)14-5-1-2-6-16(14)29-19(21,22)23/h1-2,5-6,8-9,11,17H,3-4,7,10H2,(H2,24,28)/b26-25+. The number of nitrogens with zero attached hydrogens (tertiary/aromatic N) is 3. The van der Waals surface area contributed by atoms with Gasteiger partial charge < -0.3 is 15.4 Å². The molecule has 1 aliphatic heterocycles. The van der Waals surface area contributed by atoms with Crippen molar-refractivity contribution in [2.24, 2.45) is 16.0 Å². The summed E-state index contributed by atoms with van der Waals surface area (Å²) in [5.74, 6) is -0.351. The van der Waals surface area contributed by atoms with Gasteiger partial charge in [-0.1, -0.05) is 35.9 Å². The van der Waals surface area contributed by atoms with Crippen LogP contribution in [0.25, 0.3) is 11.1 Å². The van der Waals surface area contributed by atoms with E-state index < -0.39 is 18.6 Å². The molecule has 0 aromatic heterocycles. The number of primary amides is 1. The lowest BCUT2D eigenvalue weighted by Gasteiger charge is -2.30. The van der Waals surface area contributed by atoms with Crippen LogP contribution < -0.4 is 10.5 Å². The molecule has 1 saturated heterocycles. The van der Waals surface area contributed by atoms with Crippen molar-refractivity contribution in [3.8, 4) is 16.9 Å². The van der Waals surface area contributed by atoms with Crippen LogP contribution in [-0.2, 0) is 0 Å². The number of piperidine rings is 1. The molecular formula is C19H18ClF3N4O2. The highest BCUT2D eigenvalue weighted by Crippen LogP contribution is 2.38. The van der Waals surface area contributed by atoms with Crippen molar-refractivity contribution in [1.29, 1.82) is 0 Å². The van der Waals surface area contributed by atoms with Gasteiger partial charge in [0.1, 0.15) is 11.9 Å². The third-order valence-corrected chi connectivity index (χ3v) is 4.73. The number of azo groups is 1. The van der Waals surface area contributed by atoms with Gasteiger partial charge in [0.25, 0.3) is 0 Å². The Bertz CT molecular complexity index is 921. The summed E-state index contributed by atoms with van der Waals surface area (Å²) >= 11 is 6.28. The SMILES string of the molecule is NC(=O)N1CCCCC1/N=N/c1ccc(-c2ccccc2OC(F)(F)F)c(Cl)c1. The first-order chi connectivity index (χ1) is 13.7. The third-order valence-electron chi connectivity index (χ3n) is 4.42. The predicted octanol–water partition coefficient (Wildman–Crippen LogP) is 5.88. The molecule has 0 spiro atoms. The molecule has 2 amide bonds. The molecule has 2 aromatic carbocycles. The lowest BCUT2D eigenvalue weighted by Crippen LogP contribution is -2.45. The molecule has 2 aromatic rings. The van der Waals surface area contributed by atoms with Crippen molar-refractivity contribution < 1.29 is 22.7 Å². The normalized spacial score (nSPS) is 17.5. The summed E-state index contributed by atoms with van der Waals surface area (Å²) in [5, 5.41) is 8.49. The van der Waals surface area contributed by atoms with Gasteiger partial charge in [0.2, 0.25) is 0 Å². The summed E-state index contributed by atoms with van der Waals surface area (Å²) in [5.41, 5.74) is 6.33. The maximum Gasteiger partial charge on any atom is 0.573 e. The average Bonchev–Trinajstić information content (AvgIpc) is 2.66. The molecule has 2 N–H and O–H groups in total. The molecule has 1 unspecified atom stereocenters. The minimum absolute atomic E-state index is 0.190. The Labute approximate surface area is 170 Å². The largest absolute Gasteiger partial charge is 0.573 e. The van der Waals surface area contributed by atoms with Crippen LogP contribution in [0.4, 0.5) is 23.7 Å². The summed E-state index contributed by atoms with van der Waals surface area (Å²) in [6, 6.07) is 9.78. The molecule has 0 aliphatic carbocycles. The van der Waals surface area contributed by atoms with Gasteiger partial charge in [-0.25, -0.2) is 4.79 Å². The third kappa shape index (κ3) is 5.38.